The molecule has 1 saturated heterocycles. The molecule has 1 aliphatic heterocycles. The molecule has 146 valence electrons. The van der Waals surface area contributed by atoms with E-state index in [4.69, 9.17) is 0 Å². The summed E-state index contributed by atoms with van der Waals surface area (Å²) in [5.41, 5.74) is 3.57. The minimum Gasteiger partial charge on any atom is -0.357 e. The van der Waals surface area contributed by atoms with Crippen molar-refractivity contribution in [2.45, 2.75) is 32.5 Å². The average Bonchev–Trinajstić information content (AvgIpc) is 3.24. The number of carbonyl (C=O) groups is 1. The summed E-state index contributed by atoms with van der Waals surface area (Å²) >= 11 is 0. The van der Waals surface area contributed by atoms with E-state index in [1.54, 1.807) is 7.05 Å². The maximum Gasteiger partial charge on any atom is 0.222 e. The lowest BCUT2D eigenvalue weighted by atomic mass is 10.1. The number of rotatable bonds is 6. The van der Waals surface area contributed by atoms with Gasteiger partial charge in [-0.15, -0.1) is 24.0 Å². The molecule has 27 heavy (non-hydrogen) atoms. The van der Waals surface area contributed by atoms with Crippen LogP contribution in [0.15, 0.2) is 47.7 Å². The van der Waals surface area contributed by atoms with Crippen LogP contribution >= 0.6 is 24.0 Å². The molecule has 6 nitrogen and oxygen atoms in total. The van der Waals surface area contributed by atoms with Gasteiger partial charge in [0, 0.05) is 59.1 Å². The Morgan fingerprint density at radius 3 is 2.52 bits per heavy atom. The van der Waals surface area contributed by atoms with Gasteiger partial charge in [0.05, 0.1) is 0 Å². The van der Waals surface area contributed by atoms with Crippen LogP contribution < -0.4 is 10.6 Å². The van der Waals surface area contributed by atoms with E-state index >= 15 is 0 Å². The van der Waals surface area contributed by atoms with Gasteiger partial charge in [0.1, 0.15) is 0 Å². The molecule has 2 N–H and O–H groups in total. The van der Waals surface area contributed by atoms with Crippen molar-refractivity contribution in [3.63, 3.8) is 0 Å². The Balaban J connectivity index is 0.00000261. The van der Waals surface area contributed by atoms with Crippen molar-refractivity contribution in [1.82, 2.24) is 20.1 Å². The molecule has 2 aromatic rings. The Kier molecular flexibility index (Phi) is 8.15. The van der Waals surface area contributed by atoms with Crippen molar-refractivity contribution < 1.29 is 4.79 Å². The second-order valence-electron chi connectivity index (χ2n) is 6.70. The normalized spacial score (nSPS) is 14.2. The fourth-order valence-corrected chi connectivity index (χ4v) is 3.19. The highest BCUT2D eigenvalue weighted by Gasteiger charge is 2.19. The van der Waals surface area contributed by atoms with E-state index in [0.717, 1.165) is 25.5 Å². The monoisotopic (exact) mass is 481 g/mol. The second kappa shape index (κ2) is 10.3. The molecule has 7 heteroatoms. The Hall–Kier alpha value is -2.03. The molecule has 0 saturated carbocycles. The lowest BCUT2D eigenvalue weighted by Gasteiger charge is -2.16. The summed E-state index contributed by atoms with van der Waals surface area (Å²) in [5.74, 6) is 1.04. The molecule has 0 atom stereocenters. The fraction of sp³-hybridized carbons (Fsp3) is 0.400. The maximum absolute atomic E-state index is 11.8. The summed E-state index contributed by atoms with van der Waals surface area (Å²) in [6.07, 6.45) is 5.78. The van der Waals surface area contributed by atoms with E-state index in [1.807, 2.05) is 28.8 Å². The molecule has 1 amide bonds. The van der Waals surface area contributed by atoms with Gasteiger partial charge < -0.3 is 20.1 Å². The zero-order chi connectivity index (χ0) is 18.4. The number of aliphatic imine (C=N–C) groups is 1. The van der Waals surface area contributed by atoms with Crippen LogP contribution in [0.4, 0.5) is 0 Å². The number of aryl methyl sites for hydroxylation is 1. The standard InChI is InChI=1S/C20H27N5O.HI/c1-21-20(23-13-18-8-10-24(2)14-18)22-12-16-5-3-6-17(11-16)15-25-9-4-7-19(25)26;/h3,5-6,8,10-11,14H,4,7,9,12-13,15H2,1-2H3,(H2,21,22,23);1H. The van der Waals surface area contributed by atoms with Gasteiger partial charge in [0.2, 0.25) is 5.91 Å². The van der Waals surface area contributed by atoms with Gasteiger partial charge in [-0.25, -0.2) is 0 Å². The van der Waals surface area contributed by atoms with E-state index < -0.39 is 0 Å². The first-order valence-electron chi connectivity index (χ1n) is 9.05. The number of nitrogens with zero attached hydrogens (tertiary/aromatic N) is 3. The smallest absolute Gasteiger partial charge is 0.222 e. The van der Waals surface area contributed by atoms with Crippen molar-refractivity contribution in [2.75, 3.05) is 13.6 Å². The maximum atomic E-state index is 11.8. The van der Waals surface area contributed by atoms with Crippen LogP contribution in [0.2, 0.25) is 0 Å². The minimum absolute atomic E-state index is 0. The number of guanidine groups is 1. The predicted molar refractivity (Wildman–Crippen MR) is 119 cm³/mol. The number of amides is 1. The zero-order valence-corrected chi connectivity index (χ0v) is 18.3. The molecular weight excluding hydrogens is 453 g/mol. The quantitative estimate of drug-likeness (QED) is 0.379. The number of halogens is 1. The molecular formula is C20H28IN5O. The Morgan fingerprint density at radius 2 is 1.89 bits per heavy atom. The summed E-state index contributed by atoms with van der Waals surface area (Å²) in [4.78, 5) is 18.0. The number of benzene rings is 1. The average molecular weight is 481 g/mol. The lowest BCUT2D eigenvalue weighted by Crippen LogP contribution is -2.36. The molecule has 0 bridgehead atoms. The highest BCUT2D eigenvalue weighted by molar-refractivity contribution is 14.0. The van der Waals surface area contributed by atoms with Gasteiger partial charge in [-0.3, -0.25) is 9.79 Å². The number of carbonyl (C=O) groups excluding carboxylic acids is 1. The summed E-state index contributed by atoms with van der Waals surface area (Å²) in [6.45, 7) is 3.00. The largest absolute Gasteiger partial charge is 0.357 e. The molecule has 0 spiro atoms. The van der Waals surface area contributed by atoms with Crippen LogP contribution in [0, 0.1) is 0 Å². The highest BCUT2D eigenvalue weighted by atomic mass is 127. The molecule has 1 aromatic heterocycles. The number of likely N-dealkylation sites (tertiary alicyclic amines) is 1. The number of aromatic nitrogens is 1. The highest BCUT2D eigenvalue weighted by Crippen LogP contribution is 2.15. The first-order chi connectivity index (χ1) is 12.6. The fourth-order valence-electron chi connectivity index (χ4n) is 3.19. The van der Waals surface area contributed by atoms with E-state index in [-0.39, 0.29) is 29.9 Å². The van der Waals surface area contributed by atoms with Gasteiger partial charge in [-0.05, 0) is 29.2 Å². The van der Waals surface area contributed by atoms with Crippen molar-refractivity contribution in [2.24, 2.45) is 12.0 Å². The number of nitrogens with one attached hydrogen (secondary N) is 2. The van der Waals surface area contributed by atoms with Crippen molar-refractivity contribution >= 4 is 35.8 Å². The van der Waals surface area contributed by atoms with Gasteiger partial charge in [-0.1, -0.05) is 24.3 Å². The van der Waals surface area contributed by atoms with E-state index in [1.165, 1.54) is 16.7 Å². The van der Waals surface area contributed by atoms with Gasteiger partial charge in [0.25, 0.3) is 0 Å². The molecule has 0 aliphatic carbocycles. The summed E-state index contributed by atoms with van der Waals surface area (Å²) < 4.78 is 2.03. The van der Waals surface area contributed by atoms with Crippen molar-refractivity contribution in [1.29, 1.82) is 0 Å². The minimum atomic E-state index is 0. The summed E-state index contributed by atoms with van der Waals surface area (Å²) in [5, 5.41) is 6.67. The molecule has 1 fully saturated rings. The Labute approximate surface area is 178 Å². The van der Waals surface area contributed by atoms with E-state index in [9.17, 15) is 4.79 Å². The Bertz CT molecular complexity index is 786. The van der Waals surface area contributed by atoms with Crippen LogP contribution in [-0.4, -0.2) is 34.9 Å². The van der Waals surface area contributed by atoms with Crippen molar-refractivity contribution in [3.05, 3.63) is 59.4 Å². The molecule has 0 unspecified atom stereocenters. The third kappa shape index (κ3) is 6.27. The topological polar surface area (TPSA) is 61.7 Å². The first kappa shape index (κ1) is 21.3. The van der Waals surface area contributed by atoms with E-state index in [2.05, 4.69) is 46.1 Å². The van der Waals surface area contributed by atoms with Gasteiger partial charge in [-0.2, -0.15) is 0 Å². The molecule has 1 aliphatic rings. The van der Waals surface area contributed by atoms with Gasteiger partial charge in [0.15, 0.2) is 5.96 Å². The van der Waals surface area contributed by atoms with E-state index in [0.29, 0.717) is 19.5 Å². The SMILES string of the molecule is CN=C(NCc1cccc(CN2CCCC2=O)c1)NCc1ccn(C)c1.I. The molecule has 0 radical (unpaired) electrons. The summed E-state index contributed by atoms with van der Waals surface area (Å²) in [6, 6.07) is 10.5. The van der Waals surface area contributed by atoms with Crippen LogP contribution in [-0.2, 0) is 31.5 Å². The molecule has 2 heterocycles. The molecule has 3 rings (SSSR count). The zero-order valence-electron chi connectivity index (χ0n) is 15.9. The van der Waals surface area contributed by atoms with Crippen LogP contribution in [0.25, 0.3) is 0 Å². The number of hydrogen-bond acceptors (Lipinski definition) is 2. The predicted octanol–water partition coefficient (Wildman–Crippen LogP) is 2.63. The van der Waals surface area contributed by atoms with Crippen LogP contribution in [0.3, 0.4) is 0 Å². The third-order valence-electron chi connectivity index (χ3n) is 4.57. The Morgan fingerprint density at radius 1 is 1.15 bits per heavy atom. The molecule has 1 aromatic carbocycles. The summed E-state index contributed by atoms with van der Waals surface area (Å²) in [7, 11) is 3.79. The number of hydrogen-bond donors (Lipinski definition) is 2. The van der Waals surface area contributed by atoms with Crippen LogP contribution in [0.1, 0.15) is 29.5 Å². The lowest BCUT2D eigenvalue weighted by molar-refractivity contribution is -0.128. The van der Waals surface area contributed by atoms with Gasteiger partial charge >= 0.3 is 0 Å². The first-order valence-corrected chi connectivity index (χ1v) is 9.05. The van der Waals surface area contributed by atoms with Crippen molar-refractivity contribution in [3.8, 4) is 0 Å². The third-order valence-corrected chi connectivity index (χ3v) is 4.57. The second-order valence-corrected chi connectivity index (χ2v) is 6.70. The van der Waals surface area contributed by atoms with Crippen LogP contribution in [0.5, 0.6) is 0 Å².